The Labute approximate surface area is 253 Å². The molecule has 4 atom stereocenters. The molecule has 3 heterocycles. The Morgan fingerprint density at radius 1 is 1.07 bits per heavy atom. The lowest BCUT2D eigenvalue weighted by molar-refractivity contribution is -0.132. The predicted molar refractivity (Wildman–Crippen MR) is 157 cm³/mol. The second-order valence-electron chi connectivity index (χ2n) is 13.8. The van der Waals surface area contributed by atoms with Crippen molar-refractivity contribution in [1.82, 2.24) is 20.4 Å². The zero-order valence-electron chi connectivity index (χ0n) is 25.6. The van der Waals surface area contributed by atoms with E-state index in [4.69, 9.17) is 9.47 Å². The summed E-state index contributed by atoms with van der Waals surface area (Å²) in [5.74, 6) is -2.84. The molecule has 2 saturated heterocycles. The van der Waals surface area contributed by atoms with E-state index in [2.05, 4.69) is 15.5 Å². The SMILES string of the molecule is CC(C)(C)CC(=O)N[C@@H]1CC[C@H]2CCOc3ccccc3C(=O)N3CCN(C4CCC(F)(F)CC4)C[C@H]3C(=O)NC[C@H]1O2. The first-order valence-electron chi connectivity index (χ1n) is 15.8. The Kier molecular flexibility index (Phi) is 9.61. The van der Waals surface area contributed by atoms with Gasteiger partial charge in [-0.3, -0.25) is 19.3 Å². The van der Waals surface area contributed by atoms with Gasteiger partial charge in [-0.2, -0.15) is 0 Å². The van der Waals surface area contributed by atoms with Crippen molar-refractivity contribution in [2.24, 2.45) is 5.41 Å². The second-order valence-corrected chi connectivity index (χ2v) is 13.8. The van der Waals surface area contributed by atoms with E-state index in [1.807, 2.05) is 26.8 Å². The number of alkyl halides is 2. The third-order valence-corrected chi connectivity index (χ3v) is 9.12. The molecule has 0 unspecified atom stereocenters. The third kappa shape index (κ3) is 8.03. The summed E-state index contributed by atoms with van der Waals surface area (Å²) in [6, 6.07) is 5.94. The van der Waals surface area contributed by atoms with Crippen LogP contribution >= 0.6 is 0 Å². The molecule has 2 N–H and O–H groups in total. The van der Waals surface area contributed by atoms with Gasteiger partial charge in [0.2, 0.25) is 17.7 Å². The molecule has 0 spiro atoms. The fourth-order valence-electron chi connectivity index (χ4n) is 6.81. The maximum absolute atomic E-state index is 13.9. The summed E-state index contributed by atoms with van der Waals surface area (Å²) in [5.41, 5.74) is 0.233. The van der Waals surface area contributed by atoms with Gasteiger partial charge in [-0.25, -0.2) is 8.78 Å². The number of carbonyl (C=O) groups is 3. The van der Waals surface area contributed by atoms with Gasteiger partial charge in [-0.15, -0.1) is 0 Å². The Bertz CT molecular complexity index is 1160. The van der Waals surface area contributed by atoms with Crippen molar-refractivity contribution in [2.75, 3.05) is 32.8 Å². The lowest BCUT2D eigenvalue weighted by Gasteiger charge is -2.45. The normalized spacial score (nSPS) is 29.4. The first kappa shape index (κ1) is 31.6. The number of halogens is 2. The van der Waals surface area contributed by atoms with Crippen molar-refractivity contribution in [3.05, 3.63) is 29.8 Å². The van der Waals surface area contributed by atoms with Gasteiger partial charge >= 0.3 is 0 Å². The molecule has 43 heavy (non-hydrogen) atoms. The van der Waals surface area contributed by atoms with Crippen LogP contribution in [0.5, 0.6) is 5.75 Å². The molecule has 9 nitrogen and oxygen atoms in total. The van der Waals surface area contributed by atoms with Gasteiger partial charge in [0, 0.05) is 57.9 Å². The van der Waals surface area contributed by atoms with E-state index in [1.165, 1.54) is 0 Å². The Morgan fingerprint density at radius 3 is 2.56 bits per heavy atom. The molecule has 2 bridgehead atoms. The average molecular weight is 605 g/mol. The molecule has 1 aliphatic carbocycles. The number of amides is 3. The van der Waals surface area contributed by atoms with Crippen LogP contribution < -0.4 is 15.4 Å². The summed E-state index contributed by atoms with van der Waals surface area (Å²) in [6.07, 6.45) is 2.27. The summed E-state index contributed by atoms with van der Waals surface area (Å²) >= 11 is 0. The number of hydrogen-bond acceptors (Lipinski definition) is 6. The fourth-order valence-corrected chi connectivity index (χ4v) is 6.81. The standard InChI is InChI=1S/C32H46F2N4O5/c1-31(2,3)18-28(39)36-24-9-8-22-12-17-42-26-7-5-4-6-23(26)30(41)38-16-15-37(21-10-13-32(33,34)14-11-21)20-25(38)29(40)35-19-27(24)43-22/h4-7,21-22,24-25,27H,8-20H2,1-3H3,(H,35,40)(H,36,39)/t22-,24+,25-,27+/m0/s1. The molecular formula is C32H46F2N4O5. The van der Waals surface area contributed by atoms with Crippen LogP contribution in [0.1, 0.15) is 82.5 Å². The molecule has 1 saturated carbocycles. The first-order valence-corrected chi connectivity index (χ1v) is 15.8. The quantitative estimate of drug-likeness (QED) is 0.545. The third-order valence-electron chi connectivity index (χ3n) is 9.12. The van der Waals surface area contributed by atoms with Crippen molar-refractivity contribution in [1.29, 1.82) is 0 Å². The number of piperazine rings is 1. The van der Waals surface area contributed by atoms with E-state index in [9.17, 15) is 23.2 Å². The van der Waals surface area contributed by atoms with Crippen LogP contribution in [0.15, 0.2) is 24.3 Å². The lowest BCUT2D eigenvalue weighted by Crippen LogP contribution is -2.63. The van der Waals surface area contributed by atoms with Gasteiger partial charge in [0.05, 0.1) is 30.4 Å². The topological polar surface area (TPSA) is 100 Å². The Balaban J connectivity index is 1.37. The van der Waals surface area contributed by atoms with Crippen LogP contribution in [0.3, 0.4) is 0 Å². The minimum Gasteiger partial charge on any atom is -0.493 e. The number of rotatable bonds is 3. The van der Waals surface area contributed by atoms with Crippen LogP contribution in [0.4, 0.5) is 8.78 Å². The molecule has 3 amide bonds. The molecule has 1 aromatic carbocycles. The highest BCUT2D eigenvalue weighted by Gasteiger charge is 2.43. The smallest absolute Gasteiger partial charge is 0.258 e. The minimum absolute atomic E-state index is 0.0528. The molecule has 3 fully saturated rings. The van der Waals surface area contributed by atoms with Crippen molar-refractivity contribution in [3.8, 4) is 5.75 Å². The number of nitrogens with one attached hydrogen (secondary N) is 2. The zero-order chi connectivity index (χ0) is 30.8. The van der Waals surface area contributed by atoms with E-state index < -0.39 is 18.1 Å². The summed E-state index contributed by atoms with van der Waals surface area (Å²) in [4.78, 5) is 44.3. The highest BCUT2D eigenvalue weighted by atomic mass is 19.3. The van der Waals surface area contributed by atoms with Crippen LogP contribution in [0.25, 0.3) is 0 Å². The molecular weight excluding hydrogens is 558 g/mol. The fraction of sp³-hybridized carbons (Fsp3) is 0.719. The van der Waals surface area contributed by atoms with Gasteiger partial charge in [0.15, 0.2) is 0 Å². The molecule has 238 valence electrons. The van der Waals surface area contributed by atoms with Gasteiger partial charge < -0.3 is 25.0 Å². The number of fused-ring (bicyclic) bond motifs is 4. The van der Waals surface area contributed by atoms with Gasteiger partial charge in [-0.05, 0) is 43.2 Å². The van der Waals surface area contributed by atoms with Gasteiger partial charge in [0.25, 0.3) is 5.91 Å². The summed E-state index contributed by atoms with van der Waals surface area (Å²) in [6.45, 7) is 7.64. The summed E-state index contributed by atoms with van der Waals surface area (Å²) < 4.78 is 40.3. The van der Waals surface area contributed by atoms with Crippen LogP contribution in [0, 0.1) is 5.41 Å². The van der Waals surface area contributed by atoms with Crippen LogP contribution in [-0.4, -0.2) is 96.6 Å². The summed E-state index contributed by atoms with van der Waals surface area (Å²) in [5, 5.41) is 6.17. The predicted octanol–water partition coefficient (Wildman–Crippen LogP) is 3.76. The number of hydrogen-bond donors (Lipinski definition) is 2. The molecule has 4 aliphatic rings. The highest BCUT2D eigenvalue weighted by Crippen LogP contribution is 2.36. The second kappa shape index (κ2) is 13.1. The number of carbonyl (C=O) groups excluding carboxylic acids is 3. The Morgan fingerprint density at radius 2 is 1.81 bits per heavy atom. The highest BCUT2D eigenvalue weighted by molar-refractivity contribution is 6.00. The maximum Gasteiger partial charge on any atom is 0.258 e. The number of para-hydroxylation sites is 1. The van der Waals surface area contributed by atoms with Crippen LogP contribution in [0.2, 0.25) is 0 Å². The molecule has 0 aromatic heterocycles. The average Bonchev–Trinajstić information content (AvgIpc) is 2.95. The van der Waals surface area contributed by atoms with Crippen molar-refractivity contribution in [2.45, 2.75) is 108 Å². The number of ether oxygens (including phenoxy) is 2. The monoisotopic (exact) mass is 604 g/mol. The van der Waals surface area contributed by atoms with Crippen LogP contribution in [-0.2, 0) is 14.3 Å². The van der Waals surface area contributed by atoms with E-state index in [0.29, 0.717) is 63.1 Å². The summed E-state index contributed by atoms with van der Waals surface area (Å²) in [7, 11) is 0. The molecule has 0 radical (unpaired) electrons. The minimum atomic E-state index is -2.64. The van der Waals surface area contributed by atoms with E-state index >= 15 is 0 Å². The van der Waals surface area contributed by atoms with Crippen molar-refractivity contribution < 1.29 is 32.6 Å². The van der Waals surface area contributed by atoms with Crippen molar-refractivity contribution in [3.63, 3.8) is 0 Å². The zero-order valence-corrected chi connectivity index (χ0v) is 25.6. The number of benzene rings is 1. The van der Waals surface area contributed by atoms with E-state index in [-0.39, 0.29) is 67.3 Å². The first-order chi connectivity index (χ1) is 20.4. The van der Waals surface area contributed by atoms with Crippen molar-refractivity contribution >= 4 is 17.7 Å². The van der Waals surface area contributed by atoms with E-state index in [1.54, 1.807) is 23.1 Å². The Hall–Kier alpha value is -2.79. The molecule has 1 aromatic rings. The number of nitrogens with zero attached hydrogens (tertiary/aromatic N) is 2. The molecule has 3 aliphatic heterocycles. The largest absolute Gasteiger partial charge is 0.493 e. The van der Waals surface area contributed by atoms with Gasteiger partial charge in [-0.1, -0.05) is 32.9 Å². The van der Waals surface area contributed by atoms with Gasteiger partial charge in [0.1, 0.15) is 11.8 Å². The molecule has 5 rings (SSSR count). The lowest BCUT2D eigenvalue weighted by atomic mass is 9.90. The van der Waals surface area contributed by atoms with E-state index in [0.717, 1.165) is 6.42 Å². The maximum atomic E-state index is 13.9. The molecule has 11 heteroatoms.